The summed E-state index contributed by atoms with van der Waals surface area (Å²) < 4.78 is 5.21. The van der Waals surface area contributed by atoms with Crippen LogP contribution < -0.4 is 10.2 Å². The first-order valence-corrected chi connectivity index (χ1v) is 11.2. The van der Waals surface area contributed by atoms with Crippen molar-refractivity contribution in [3.8, 4) is 0 Å². The van der Waals surface area contributed by atoms with Crippen LogP contribution in [0.3, 0.4) is 0 Å². The number of carbonyl (C=O) groups excluding carboxylic acids is 2. The van der Waals surface area contributed by atoms with E-state index in [0.717, 1.165) is 37.6 Å². The van der Waals surface area contributed by atoms with Crippen LogP contribution in [0.4, 0.5) is 16.2 Å². The number of carbonyl (C=O) groups is 2. The number of hydrogen-bond acceptors (Lipinski definition) is 5. The lowest BCUT2D eigenvalue weighted by Gasteiger charge is -2.39. The summed E-state index contributed by atoms with van der Waals surface area (Å²) in [6.45, 7) is 13.7. The van der Waals surface area contributed by atoms with Gasteiger partial charge in [0.2, 0.25) is 0 Å². The molecule has 0 atom stereocenters. The Balaban J connectivity index is 1.60. The van der Waals surface area contributed by atoms with Gasteiger partial charge in [0, 0.05) is 45.3 Å². The highest BCUT2D eigenvalue weighted by atomic mass is 16.5. The summed E-state index contributed by atoms with van der Waals surface area (Å²) in [5, 5.41) is 3.11. The van der Waals surface area contributed by atoms with Crippen molar-refractivity contribution in [3.05, 3.63) is 24.3 Å². The summed E-state index contributed by atoms with van der Waals surface area (Å²) in [6, 6.07) is 8.47. The maximum Gasteiger partial charge on any atom is 0.321 e. The molecule has 2 saturated heterocycles. The topological polar surface area (TPSA) is 65.1 Å². The van der Waals surface area contributed by atoms with Gasteiger partial charge in [-0.2, -0.15) is 0 Å². The Bertz CT molecular complexity index is 736. The number of anilines is 2. The summed E-state index contributed by atoms with van der Waals surface area (Å²) in [5.41, 5.74) is 1.42. The molecule has 1 N–H and O–H groups in total. The number of nitrogens with zero attached hydrogens (tertiary/aromatic N) is 3. The lowest BCUT2D eigenvalue weighted by molar-refractivity contribution is -0.156. The normalized spacial score (nSPS) is 19.6. The minimum atomic E-state index is -0.499. The Morgan fingerprint density at radius 1 is 1.07 bits per heavy atom. The van der Waals surface area contributed by atoms with Crippen LogP contribution in [0.2, 0.25) is 0 Å². The number of rotatable bonds is 5. The highest BCUT2D eigenvalue weighted by molar-refractivity contribution is 5.93. The van der Waals surface area contributed by atoms with Crippen molar-refractivity contribution in [2.75, 3.05) is 56.1 Å². The molecule has 0 saturated carbocycles. The Morgan fingerprint density at radius 3 is 2.30 bits per heavy atom. The van der Waals surface area contributed by atoms with Gasteiger partial charge < -0.3 is 19.9 Å². The van der Waals surface area contributed by atoms with Crippen molar-refractivity contribution >= 4 is 23.4 Å². The number of piperidine rings is 1. The van der Waals surface area contributed by atoms with Crippen LogP contribution >= 0.6 is 0 Å². The third kappa shape index (κ3) is 5.06. The average molecular weight is 417 g/mol. The van der Waals surface area contributed by atoms with Crippen molar-refractivity contribution < 1.29 is 14.3 Å². The first kappa shape index (κ1) is 22.4. The molecule has 2 aliphatic rings. The number of amides is 2. The zero-order valence-electron chi connectivity index (χ0n) is 18.8. The van der Waals surface area contributed by atoms with E-state index in [1.807, 2.05) is 32.0 Å². The molecule has 0 aromatic heterocycles. The van der Waals surface area contributed by atoms with Crippen molar-refractivity contribution in [3.63, 3.8) is 0 Å². The SMILES string of the molecule is CCOC(=O)C1(C)CCN(C(=O)Nc2ccccc2N2CCN(C(C)C)CC2)CC1. The number of urea groups is 1. The molecule has 7 heteroatoms. The van der Waals surface area contributed by atoms with Gasteiger partial charge in [-0.3, -0.25) is 9.69 Å². The van der Waals surface area contributed by atoms with E-state index in [-0.39, 0.29) is 12.0 Å². The fourth-order valence-electron chi connectivity index (χ4n) is 4.24. The van der Waals surface area contributed by atoms with Gasteiger partial charge in [0.25, 0.3) is 0 Å². The second-order valence-corrected chi connectivity index (χ2v) is 8.83. The Morgan fingerprint density at radius 2 is 1.70 bits per heavy atom. The van der Waals surface area contributed by atoms with Crippen LogP contribution in [0, 0.1) is 5.41 Å². The third-order valence-corrected chi connectivity index (χ3v) is 6.45. The van der Waals surface area contributed by atoms with Crippen LogP contribution in [-0.4, -0.2) is 73.7 Å². The number of esters is 1. The van der Waals surface area contributed by atoms with E-state index in [0.29, 0.717) is 38.6 Å². The molecule has 3 rings (SSSR count). The highest BCUT2D eigenvalue weighted by Gasteiger charge is 2.39. The van der Waals surface area contributed by atoms with Crippen LogP contribution in [0.25, 0.3) is 0 Å². The minimum Gasteiger partial charge on any atom is -0.466 e. The predicted octanol–water partition coefficient (Wildman–Crippen LogP) is 3.41. The van der Waals surface area contributed by atoms with Crippen LogP contribution in [0.15, 0.2) is 24.3 Å². The summed E-state index contributed by atoms with van der Waals surface area (Å²) >= 11 is 0. The molecular weight excluding hydrogens is 380 g/mol. The number of piperazine rings is 1. The summed E-state index contributed by atoms with van der Waals surface area (Å²) in [7, 11) is 0. The molecule has 0 unspecified atom stereocenters. The highest BCUT2D eigenvalue weighted by Crippen LogP contribution is 2.33. The van der Waals surface area contributed by atoms with E-state index in [2.05, 4.69) is 35.0 Å². The van der Waals surface area contributed by atoms with E-state index >= 15 is 0 Å². The number of likely N-dealkylation sites (tertiary alicyclic amines) is 1. The maximum absolute atomic E-state index is 12.9. The van der Waals surface area contributed by atoms with Gasteiger partial charge in [-0.1, -0.05) is 12.1 Å². The van der Waals surface area contributed by atoms with Crippen LogP contribution in [0.5, 0.6) is 0 Å². The van der Waals surface area contributed by atoms with Crippen molar-refractivity contribution in [2.45, 2.75) is 46.6 Å². The largest absolute Gasteiger partial charge is 0.466 e. The van der Waals surface area contributed by atoms with Gasteiger partial charge >= 0.3 is 12.0 Å². The van der Waals surface area contributed by atoms with E-state index in [4.69, 9.17) is 4.74 Å². The molecular formula is C23H36N4O3. The molecule has 30 heavy (non-hydrogen) atoms. The Kier molecular flexibility index (Phi) is 7.23. The predicted molar refractivity (Wildman–Crippen MR) is 120 cm³/mol. The maximum atomic E-state index is 12.9. The van der Waals surface area contributed by atoms with Gasteiger partial charge in [-0.05, 0) is 52.7 Å². The summed E-state index contributed by atoms with van der Waals surface area (Å²) in [5.74, 6) is -0.157. The van der Waals surface area contributed by atoms with Gasteiger partial charge in [0.05, 0.1) is 23.4 Å². The monoisotopic (exact) mass is 416 g/mol. The van der Waals surface area contributed by atoms with Gasteiger partial charge in [-0.15, -0.1) is 0 Å². The molecule has 2 heterocycles. The molecule has 2 aliphatic heterocycles. The third-order valence-electron chi connectivity index (χ3n) is 6.45. The van der Waals surface area contributed by atoms with Crippen molar-refractivity contribution in [1.82, 2.24) is 9.80 Å². The second kappa shape index (κ2) is 9.69. The number of ether oxygens (including phenoxy) is 1. The Hall–Kier alpha value is -2.28. The average Bonchev–Trinajstić information content (AvgIpc) is 2.75. The van der Waals surface area contributed by atoms with Gasteiger partial charge in [0.1, 0.15) is 0 Å². The summed E-state index contributed by atoms with van der Waals surface area (Å²) in [6.07, 6.45) is 1.25. The van der Waals surface area contributed by atoms with Crippen LogP contribution in [0.1, 0.15) is 40.5 Å². The van der Waals surface area contributed by atoms with Crippen molar-refractivity contribution in [1.29, 1.82) is 0 Å². The fraction of sp³-hybridized carbons (Fsp3) is 0.652. The molecule has 0 spiro atoms. The first-order chi connectivity index (χ1) is 14.3. The van der Waals surface area contributed by atoms with Gasteiger partial charge in [0.15, 0.2) is 0 Å². The standard InChI is InChI=1S/C23H36N4O3/c1-5-30-21(28)23(4)10-12-27(13-11-23)22(29)24-19-8-6-7-9-20(19)26-16-14-25(15-17-26)18(2)3/h6-9,18H,5,10-17H2,1-4H3,(H,24,29). The summed E-state index contributed by atoms with van der Waals surface area (Å²) in [4.78, 5) is 31.8. The molecule has 2 fully saturated rings. The molecule has 2 amide bonds. The lowest BCUT2D eigenvalue weighted by Crippen LogP contribution is -2.49. The van der Waals surface area contributed by atoms with Crippen molar-refractivity contribution in [2.24, 2.45) is 5.41 Å². The molecule has 0 radical (unpaired) electrons. The molecule has 7 nitrogen and oxygen atoms in total. The van der Waals surface area contributed by atoms with E-state index in [1.165, 1.54) is 0 Å². The molecule has 1 aromatic carbocycles. The zero-order chi connectivity index (χ0) is 21.7. The Labute approximate surface area is 180 Å². The molecule has 0 aliphatic carbocycles. The van der Waals surface area contributed by atoms with E-state index in [1.54, 1.807) is 4.90 Å². The minimum absolute atomic E-state index is 0.103. The van der Waals surface area contributed by atoms with E-state index < -0.39 is 5.41 Å². The second-order valence-electron chi connectivity index (χ2n) is 8.83. The number of hydrogen-bond donors (Lipinski definition) is 1. The smallest absolute Gasteiger partial charge is 0.321 e. The number of nitrogens with one attached hydrogen (secondary N) is 1. The van der Waals surface area contributed by atoms with Crippen LogP contribution in [-0.2, 0) is 9.53 Å². The molecule has 0 bridgehead atoms. The number of benzene rings is 1. The first-order valence-electron chi connectivity index (χ1n) is 11.2. The lowest BCUT2D eigenvalue weighted by atomic mass is 9.80. The number of para-hydroxylation sites is 2. The van der Waals surface area contributed by atoms with E-state index in [9.17, 15) is 9.59 Å². The zero-order valence-corrected chi connectivity index (χ0v) is 18.8. The quantitative estimate of drug-likeness (QED) is 0.745. The molecule has 1 aromatic rings. The fourth-order valence-corrected chi connectivity index (χ4v) is 4.24. The molecule has 166 valence electrons. The van der Waals surface area contributed by atoms with Gasteiger partial charge in [-0.25, -0.2) is 4.79 Å².